The quantitative estimate of drug-likeness (QED) is 0.589. The van der Waals surface area contributed by atoms with Gasteiger partial charge in [-0.05, 0) is 17.9 Å². The van der Waals surface area contributed by atoms with Crippen LogP contribution in [0.4, 0.5) is 0 Å². The lowest BCUT2D eigenvalue weighted by Crippen LogP contribution is -2.32. The highest BCUT2D eigenvalue weighted by atomic mass is 16.3. The van der Waals surface area contributed by atoms with Gasteiger partial charge in [-0.3, -0.25) is 0 Å². The molecule has 3 N–H and O–H groups in total. The van der Waals surface area contributed by atoms with Gasteiger partial charge in [-0.15, -0.1) is 0 Å². The van der Waals surface area contributed by atoms with Crippen molar-refractivity contribution in [3.8, 4) is 0 Å². The van der Waals surface area contributed by atoms with Gasteiger partial charge in [0.05, 0.1) is 0 Å². The Morgan fingerprint density at radius 2 is 2.00 bits per heavy atom. The summed E-state index contributed by atoms with van der Waals surface area (Å²) >= 11 is 0. The first-order valence-electron chi connectivity index (χ1n) is 3.35. The molecule has 0 aromatic heterocycles. The summed E-state index contributed by atoms with van der Waals surface area (Å²) in [6.45, 7) is 6.99. The molecule has 56 valence electrons. The van der Waals surface area contributed by atoms with Crippen LogP contribution in [0, 0.1) is 11.3 Å². The molecule has 9 heavy (non-hydrogen) atoms. The predicted molar refractivity (Wildman–Crippen MR) is 39.1 cm³/mol. The molecular weight excluding hydrogens is 114 g/mol. The van der Waals surface area contributed by atoms with Crippen molar-refractivity contribution in [3.05, 3.63) is 0 Å². The van der Waals surface area contributed by atoms with E-state index in [0.29, 0.717) is 12.5 Å². The van der Waals surface area contributed by atoms with Crippen LogP contribution in [-0.4, -0.2) is 18.3 Å². The fourth-order valence-electron chi connectivity index (χ4n) is 0.448. The van der Waals surface area contributed by atoms with Crippen LogP contribution < -0.4 is 5.73 Å². The van der Waals surface area contributed by atoms with Crippen LogP contribution in [0.3, 0.4) is 0 Å². The Balaban J connectivity index is 3.80. The van der Waals surface area contributed by atoms with Crippen molar-refractivity contribution in [3.63, 3.8) is 0 Å². The molecule has 2 nitrogen and oxygen atoms in total. The second kappa shape index (κ2) is 3.18. The molecule has 0 aliphatic rings. The predicted octanol–water partition coefficient (Wildman–Crippen LogP) is 0.600. The van der Waals surface area contributed by atoms with Gasteiger partial charge < -0.3 is 10.8 Å². The van der Waals surface area contributed by atoms with E-state index >= 15 is 0 Å². The lowest BCUT2D eigenvalue weighted by molar-refractivity contribution is 0.137. The zero-order valence-electron chi connectivity index (χ0n) is 6.52. The summed E-state index contributed by atoms with van der Waals surface area (Å²) in [5, 5.41) is 8.75. The average molecular weight is 131 g/mol. The van der Waals surface area contributed by atoms with Crippen LogP contribution >= 0.6 is 0 Å². The van der Waals surface area contributed by atoms with Crippen LogP contribution in [0.1, 0.15) is 20.8 Å². The second-order valence-electron chi connectivity index (χ2n) is 3.28. The highest BCUT2D eigenvalue weighted by molar-refractivity contribution is 4.74. The third-order valence-electron chi connectivity index (χ3n) is 2.13. The van der Waals surface area contributed by atoms with Crippen molar-refractivity contribution in [2.45, 2.75) is 20.8 Å². The summed E-state index contributed by atoms with van der Waals surface area (Å²) in [5.74, 6) is 0.294. The topological polar surface area (TPSA) is 46.2 Å². The first-order chi connectivity index (χ1) is 4.04. The highest BCUT2D eigenvalue weighted by Crippen LogP contribution is 2.23. The van der Waals surface area contributed by atoms with Crippen LogP contribution in [0.25, 0.3) is 0 Å². The lowest BCUT2D eigenvalue weighted by Gasteiger charge is -2.28. The zero-order valence-corrected chi connectivity index (χ0v) is 6.52. The van der Waals surface area contributed by atoms with Crippen molar-refractivity contribution in [2.75, 3.05) is 13.2 Å². The summed E-state index contributed by atoms with van der Waals surface area (Å²) in [6, 6.07) is 0. The summed E-state index contributed by atoms with van der Waals surface area (Å²) in [5.41, 5.74) is 5.55. The van der Waals surface area contributed by atoms with Crippen molar-refractivity contribution < 1.29 is 5.11 Å². The maximum Gasteiger partial charge on any atom is 0.0462 e. The normalized spacial score (nSPS) is 15.7. The molecule has 0 fully saturated rings. The van der Waals surface area contributed by atoms with Crippen molar-refractivity contribution in [2.24, 2.45) is 17.1 Å². The molecule has 2 heteroatoms. The summed E-state index contributed by atoms with van der Waals surface area (Å²) in [6.07, 6.45) is 0. The third-order valence-corrected chi connectivity index (χ3v) is 2.13. The summed E-state index contributed by atoms with van der Waals surface area (Å²) < 4.78 is 0. The SMILES string of the molecule is CC(CO)C(C)(C)CN. The van der Waals surface area contributed by atoms with E-state index in [-0.39, 0.29) is 12.0 Å². The lowest BCUT2D eigenvalue weighted by atomic mass is 9.81. The molecule has 0 aliphatic heterocycles. The van der Waals surface area contributed by atoms with E-state index < -0.39 is 0 Å². The molecule has 0 saturated carbocycles. The van der Waals surface area contributed by atoms with Gasteiger partial charge in [0.25, 0.3) is 0 Å². The van der Waals surface area contributed by atoms with Crippen LogP contribution in [0.15, 0.2) is 0 Å². The first-order valence-corrected chi connectivity index (χ1v) is 3.35. The van der Waals surface area contributed by atoms with E-state index in [1.54, 1.807) is 0 Å². The minimum Gasteiger partial charge on any atom is -0.396 e. The van der Waals surface area contributed by atoms with Gasteiger partial charge in [-0.2, -0.15) is 0 Å². The minimum absolute atomic E-state index is 0.0781. The van der Waals surface area contributed by atoms with E-state index in [1.165, 1.54) is 0 Å². The monoisotopic (exact) mass is 131 g/mol. The van der Waals surface area contributed by atoms with Gasteiger partial charge >= 0.3 is 0 Å². The van der Waals surface area contributed by atoms with Gasteiger partial charge in [-0.1, -0.05) is 20.8 Å². The van der Waals surface area contributed by atoms with Crippen molar-refractivity contribution in [1.29, 1.82) is 0 Å². The zero-order chi connectivity index (χ0) is 7.49. The Morgan fingerprint density at radius 3 is 2.11 bits per heavy atom. The Labute approximate surface area is 57.1 Å². The fourth-order valence-corrected chi connectivity index (χ4v) is 0.448. The molecular formula is C7H17NO. The smallest absolute Gasteiger partial charge is 0.0462 e. The minimum atomic E-state index is 0.0781. The Morgan fingerprint density at radius 1 is 1.56 bits per heavy atom. The van der Waals surface area contributed by atoms with Gasteiger partial charge in [0.15, 0.2) is 0 Å². The number of aliphatic hydroxyl groups is 1. The van der Waals surface area contributed by atoms with E-state index in [0.717, 1.165) is 0 Å². The first kappa shape index (κ1) is 8.92. The van der Waals surface area contributed by atoms with Crippen LogP contribution in [0.2, 0.25) is 0 Å². The maximum absolute atomic E-state index is 8.75. The van der Waals surface area contributed by atoms with E-state index in [9.17, 15) is 0 Å². The number of nitrogens with two attached hydrogens (primary N) is 1. The molecule has 1 atom stereocenters. The number of aliphatic hydroxyl groups excluding tert-OH is 1. The van der Waals surface area contributed by atoms with Gasteiger partial charge in [0, 0.05) is 6.61 Å². The van der Waals surface area contributed by atoms with Crippen LogP contribution in [-0.2, 0) is 0 Å². The molecule has 0 bridgehead atoms. The summed E-state index contributed by atoms with van der Waals surface area (Å²) in [7, 11) is 0. The molecule has 0 rings (SSSR count). The molecule has 0 saturated heterocycles. The molecule has 0 aliphatic carbocycles. The second-order valence-corrected chi connectivity index (χ2v) is 3.28. The third kappa shape index (κ3) is 2.33. The summed E-state index contributed by atoms with van der Waals surface area (Å²) in [4.78, 5) is 0. The highest BCUT2D eigenvalue weighted by Gasteiger charge is 2.22. The largest absolute Gasteiger partial charge is 0.396 e. The van der Waals surface area contributed by atoms with Crippen molar-refractivity contribution in [1.82, 2.24) is 0 Å². The molecule has 1 unspecified atom stereocenters. The van der Waals surface area contributed by atoms with Crippen LogP contribution in [0.5, 0.6) is 0 Å². The number of hydrogen-bond donors (Lipinski definition) is 2. The molecule has 0 aromatic rings. The Bertz CT molecular complexity index is 81.0. The molecule has 0 amide bonds. The van der Waals surface area contributed by atoms with E-state index in [2.05, 4.69) is 13.8 Å². The van der Waals surface area contributed by atoms with Crippen molar-refractivity contribution >= 4 is 0 Å². The fraction of sp³-hybridized carbons (Fsp3) is 1.00. The van der Waals surface area contributed by atoms with E-state index in [1.807, 2.05) is 6.92 Å². The standard InChI is InChI=1S/C7H17NO/c1-6(4-9)7(2,3)5-8/h6,9H,4-5,8H2,1-3H3. The Hall–Kier alpha value is -0.0800. The number of hydrogen-bond acceptors (Lipinski definition) is 2. The molecule has 0 spiro atoms. The molecule has 0 aromatic carbocycles. The van der Waals surface area contributed by atoms with Gasteiger partial charge in [0.1, 0.15) is 0 Å². The molecule has 0 heterocycles. The van der Waals surface area contributed by atoms with Gasteiger partial charge in [-0.25, -0.2) is 0 Å². The average Bonchev–Trinajstić information content (AvgIpc) is 1.86. The van der Waals surface area contributed by atoms with E-state index in [4.69, 9.17) is 10.8 Å². The number of rotatable bonds is 3. The Kier molecular flexibility index (Phi) is 3.15. The molecule has 0 radical (unpaired) electrons. The maximum atomic E-state index is 8.75. The van der Waals surface area contributed by atoms with Gasteiger partial charge in [0.2, 0.25) is 0 Å².